The maximum Gasteiger partial charge on any atom is 0.611 e. The summed E-state index contributed by atoms with van der Waals surface area (Å²) in [6.45, 7) is 8.13. The molecule has 0 saturated carbocycles. The third-order valence-electron chi connectivity index (χ3n) is 4.77. The van der Waals surface area contributed by atoms with Crippen LogP contribution in [-0.2, 0) is 0 Å². The molecule has 0 aliphatic carbocycles. The van der Waals surface area contributed by atoms with E-state index >= 15 is 0 Å². The van der Waals surface area contributed by atoms with Gasteiger partial charge in [-0.05, 0) is 52.0 Å². The van der Waals surface area contributed by atoms with Crippen molar-refractivity contribution in [2.24, 2.45) is 4.88 Å². The Labute approximate surface area is 193 Å². The molecule has 168 valence electrons. The summed E-state index contributed by atoms with van der Waals surface area (Å²) in [5.41, 5.74) is -0.530. The Bertz CT molecular complexity index is 762. The summed E-state index contributed by atoms with van der Waals surface area (Å²) in [5, 5.41) is 14.2. The van der Waals surface area contributed by atoms with Crippen molar-refractivity contribution in [3.63, 3.8) is 0 Å². The standard InChI is InChI=1S/C19H29Cl3N4O3P/c1-18(2)13-16(14-19(3,4)26(18)27)23-24-30(28,25(11-9-20)12-10-21)29-17-7-5-15(22)6-8-17/h5-8,28H,9-14H2,1-4H3/q+1. The van der Waals surface area contributed by atoms with Crippen LogP contribution in [0.15, 0.2) is 29.2 Å². The first-order valence-electron chi connectivity index (χ1n) is 9.63. The molecular formula is C19H29Cl3N4O3P+. The lowest BCUT2D eigenvalue weighted by atomic mass is 9.81. The van der Waals surface area contributed by atoms with E-state index < -0.39 is 19.1 Å². The maximum absolute atomic E-state index is 12.6. The minimum absolute atomic E-state index is 0.264. The molecule has 1 N–H and O–H groups in total. The first-order chi connectivity index (χ1) is 13.9. The van der Waals surface area contributed by atoms with Gasteiger partial charge in [-0.25, -0.2) is 0 Å². The Hall–Kier alpha value is -0.460. The summed E-state index contributed by atoms with van der Waals surface area (Å²) < 4.78 is 7.53. The number of alkyl halides is 2. The third-order valence-corrected chi connectivity index (χ3v) is 7.28. The van der Waals surface area contributed by atoms with Gasteiger partial charge in [0.2, 0.25) is 0 Å². The average Bonchev–Trinajstić information content (AvgIpc) is 2.66. The molecule has 0 aromatic heterocycles. The Kier molecular flexibility index (Phi) is 8.98. The van der Waals surface area contributed by atoms with Gasteiger partial charge in [-0.2, -0.15) is 4.89 Å². The Balaban J connectivity index is 2.45. The highest BCUT2D eigenvalue weighted by Crippen LogP contribution is 2.59. The van der Waals surface area contributed by atoms with Crippen molar-refractivity contribution in [1.29, 1.82) is 0 Å². The first-order valence-corrected chi connectivity index (χ1v) is 12.6. The molecule has 30 heavy (non-hydrogen) atoms. The van der Waals surface area contributed by atoms with Gasteiger partial charge in [-0.1, -0.05) is 16.3 Å². The lowest BCUT2D eigenvalue weighted by Crippen LogP contribution is -2.58. The number of benzene rings is 1. The van der Waals surface area contributed by atoms with Gasteiger partial charge in [-0.3, -0.25) is 4.52 Å². The second kappa shape index (κ2) is 10.4. The largest absolute Gasteiger partial charge is 0.784 e. The van der Waals surface area contributed by atoms with Crippen molar-refractivity contribution >= 4 is 48.5 Å². The van der Waals surface area contributed by atoms with Crippen molar-refractivity contribution in [2.75, 3.05) is 24.8 Å². The number of hydrogen-bond acceptors (Lipinski definition) is 6. The van der Waals surface area contributed by atoms with Crippen molar-refractivity contribution in [3.05, 3.63) is 34.5 Å². The fraction of sp³-hybridized carbons (Fsp3) is 0.632. The van der Waals surface area contributed by atoms with Crippen LogP contribution < -0.4 is 4.52 Å². The van der Waals surface area contributed by atoms with E-state index in [4.69, 9.17) is 39.3 Å². The van der Waals surface area contributed by atoms with Crippen LogP contribution in [0.2, 0.25) is 5.02 Å². The van der Waals surface area contributed by atoms with E-state index in [-0.39, 0.29) is 11.8 Å². The van der Waals surface area contributed by atoms with Gasteiger partial charge in [0.15, 0.2) is 5.75 Å². The third kappa shape index (κ3) is 6.52. The molecule has 0 radical (unpaired) electrons. The molecule has 2 rings (SSSR count). The maximum atomic E-state index is 12.6. The van der Waals surface area contributed by atoms with Gasteiger partial charge in [-0.15, -0.1) is 23.2 Å². The minimum atomic E-state index is -3.55. The average molecular weight is 499 g/mol. The fourth-order valence-corrected chi connectivity index (χ4v) is 5.96. The minimum Gasteiger partial charge on any atom is -0.784 e. The Morgan fingerprint density at radius 2 is 1.63 bits per heavy atom. The van der Waals surface area contributed by atoms with Gasteiger partial charge in [0, 0.05) is 27.9 Å². The van der Waals surface area contributed by atoms with Crippen LogP contribution >= 0.6 is 42.8 Å². The van der Waals surface area contributed by atoms with Crippen LogP contribution in [0.1, 0.15) is 40.5 Å². The second-order valence-corrected chi connectivity index (χ2v) is 11.6. The van der Waals surface area contributed by atoms with Gasteiger partial charge in [0.1, 0.15) is 0 Å². The van der Waals surface area contributed by atoms with Crippen LogP contribution in [-0.4, -0.2) is 61.1 Å². The number of piperidine rings is 1. The quantitative estimate of drug-likeness (QED) is 0.224. The van der Waals surface area contributed by atoms with E-state index in [2.05, 4.69) is 9.67 Å². The van der Waals surface area contributed by atoms with Crippen LogP contribution in [0.4, 0.5) is 0 Å². The van der Waals surface area contributed by atoms with Gasteiger partial charge < -0.3 is 10.3 Å². The molecule has 1 aliphatic rings. The molecule has 0 amide bonds. The van der Waals surface area contributed by atoms with E-state index in [1.165, 1.54) is 0 Å². The lowest BCUT2D eigenvalue weighted by molar-refractivity contribution is -0.0946. The predicted molar refractivity (Wildman–Crippen MR) is 125 cm³/mol. The summed E-state index contributed by atoms with van der Waals surface area (Å²) >= 11 is 17.8. The van der Waals surface area contributed by atoms with E-state index in [9.17, 15) is 10.1 Å². The molecule has 1 aromatic rings. The van der Waals surface area contributed by atoms with E-state index in [0.29, 0.717) is 36.7 Å². The molecular weight excluding hydrogens is 470 g/mol. The Morgan fingerprint density at radius 3 is 2.10 bits per heavy atom. The number of hydrogen-bond donors (Lipinski definition) is 1. The zero-order chi connectivity index (χ0) is 22.6. The smallest absolute Gasteiger partial charge is 0.611 e. The van der Waals surface area contributed by atoms with Crippen LogP contribution in [0.5, 0.6) is 5.75 Å². The highest BCUT2D eigenvalue weighted by molar-refractivity contribution is 7.61. The number of nitrogens with zero attached hydrogens (tertiary/aromatic N) is 4. The number of halogens is 3. The summed E-state index contributed by atoms with van der Waals surface area (Å²) in [4.78, 5) is 20.1. The fourth-order valence-electron chi connectivity index (χ4n) is 3.55. The number of rotatable bonds is 8. The van der Waals surface area contributed by atoms with Crippen LogP contribution in [0.25, 0.3) is 0 Å². The molecule has 7 nitrogen and oxygen atoms in total. The SMILES string of the molecule is CC1(C)CC(=[N+]=N[P+](O)(Oc2ccc(Cl)cc2)N(CCCl)CCCl)CC(C)(C)N1[O-]. The van der Waals surface area contributed by atoms with E-state index in [1.807, 2.05) is 27.7 Å². The lowest BCUT2D eigenvalue weighted by Gasteiger charge is -2.55. The molecule has 11 heteroatoms. The summed E-state index contributed by atoms with van der Waals surface area (Å²) in [6.07, 6.45) is 0.880. The highest BCUT2D eigenvalue weighted by Gasteiger charge is 2.56. The van der Waals surface area contributed by atoms with Crippen molar-refractivity contribution in [3.8, 4) is 5.75 Å². The van der Waals surface area contributed by atoms with Crippen molar-refractivity contribution in [1.82, 2.24) is 9.73 Å². The normalized spacial score (nSPS) is 20.5. The summed E-state index contributed by atoms with van der Waals surface area (Å²) in [6, 6.07) is 6.63. The first kappa shape index (κ1) is 25.8. The predicted octanol–water partition coefficient (Wildman–Crippen LogP) is 5.42. The molecule has 1 atom stereocenters. The highest BCUT2D eigenvalue weighted by atomic mass is 35.5. The van der Waals surface area contributed by atoms with Crippen molar-refractivity contribution in [2.45, 2.75) is 51.6 Å². The zero-order valence-electron chi connectivity index (χ0n) is 17.7. The second-order valence-electron chi connectivity index (χ2n) is 8.42. The summed E-state index contributed by atoms with van der Waals surface area (Å²) in [5.74, 6) is 0.935. The van der Waals surface area contributed by atoms with Gasteiger partial charge in [0.05, 0.1) is 30.7 Å². The molecule has 1 heterocycles. The van der Waals surface area contributed by atoms with Crippen molar-refractivity contribution < 1.29 is 14.2 Å². The molecule has 1 fully saturated rings. The van der Waals surface area contributed by atoms with E-state index in [1.54, 1.807) is 28.9 Å². The molecule has 1 aliphatic heterocycles. The van der Waals surface area contributed by atoms with Crippen LogP contribution in [0, 0.1) is 5.21 Å². The monoisotopic (exact) mass is 497 g/mol. The molecule has 0 spiro atoms. The summed E-state index contributed by atoms with van der Waals surface area (Å²) in [7, 11) is -3.55. The Morgan fingerprint density at radius 1 is 1.13 bits per heavy atom. The zero-order valence-corrected chi connectivity index (χ0v) is 20.8. The number of hydroxylamine groups is 2. The van der Waals surface area contributed by atoms with Gasteiger partial charge in [0.25, 0.3) is 0 Å². The molecule has 0 bridgehead atoms. The molecule has 1 unspecified atom stereocenters. The molecule has 1 saturated heterocycles. The van der Waals surface area contributed by atoms with Crippen LogP contribution in [0.3, 0.4) is 0 Å². The van der Waals surface area contributed by atoms with E-state index in [0.717, 1.165) is 10.8 Å². The molecule has 1 aromatic carbocycles. The topological polar surface area (TPSA) is 85.5 Å². The van der Waals surface area contributed by atoms with Gasteiger partial charge >= 0.3 is 18.6 Å².